The average molecular weight is 215 g/mol. The molecule has 0 spiro atoms. The van der Waals surface area contributed by atoms with Gasteiger partial charge < -0.3 is 10.7 Å². The minimum atomic E-state index is 0.366. The molecule has 0 bridgehead atoms. The van der Waals surface area contributed by atoms with Crippen LogP contribution < -0.4 is 5.73 Å². The van der Waals surface area contributed by atoms with Gasteiger partial charge in [0.1, 0.15) is 0 Å². The molecule has 1 fully saturated rings. The monoisotopic (exact) mass is 215 g/mol. The predicted octanol–water partition coefficient (Wildman–Crippen LogP) is 1.70. The SMILES string of the molecule is NC1CCN(Cc2c[nH]c3ccccc23)C1. The number of H-pyrrole nitrogens is 1. The van der Waals surface area contributed by atoms with Gasteiger partial charge in [0.05, 0.1) is 0 Å². The summed E-state index contributed by atoms with van der Waals surface area (Å²) >= 11 is 0. The standard InChI is InChI=1S/C13H17N3/c14-11-5-6-16(9-11)8-10-7-15-13-4-2-1-3-12(10)13/h1-4,7,11,15H,5-6,8-9,14H2. The average Bonchev–Trinajstić information content (AvgIpc) is 2.87. The molecule has 1 aliphatic rings. The van der Waals surface area contributed by atoms with E-state index in [1.807, 2.05) is 0 Å². The quantitative estimate of drug-likeness (QED) is 0.801. The molecule has 3 N–H and O–H groups in total. The Hall–Kier alpha value is -1.32. The van der Waals surface area contributed by atoms with Crippen LogP contribution in [0.25, 0.3) is 10.9 Å². The molecule has 0 amide bonds. The lowest BCUT2D eigenvalue weighted by molar-refractivity contribution is 0.328. The van der Waals surface area contributed by atoms with Crippen molar-refractivity contribution in [1.29, 1.82) is 0 Å². The maximum Gasteiger partial charge on any atom is 0.0457 e. The molecule has 1 aliphatic heterocycles. The smallest absolute Gasteiger partial charge is 0.0457 e. The maximum atomic E-state index is 5.92. The second kappa shape index (κ2) is 3.92. The maximum absolute atomic E-state index is 5.92. The van der Waals surface area contributed by atoms with Crippen molar-refractivity contribution in [2.45, 2.75) is 19.0 Å². The van der Waals surface area contributed by atoms with E-state index < -0.39 is 0 Å². The van der Waals surface area contributed by atoms with Gasteiger partial charge in [-0.3, -0.25) is 4.90 Å². The second-order valence-electron chi connectivity index (χ2n) is 4.64. The Labute approximate surface area is 95.2 Å². The summed E-state index contributed by atoms with van der Waals surface area (Å²) in [5, 5.41) is 1.34. The minimum absolute atomic E-state index is 0.366. The van der Waals surface area contributed by atoms with Crippen LogP contribution in [0.2, 0.25) is 0 Å². The Bertz CT molecular complexity index is 489. The zero-order valence-corrected chi connectivity index (χ0v) is 9.32. The number of likely N-dealkylation sites (tertiary alicyclic amines) is 1. The first-order valence-electron chi connectivity index (χ1n) is 5.86. The second-order valence-corrected chi connectivity index (χ2v) is 4.64. The Morgan fingerprint density at radius 2 is 2.25 bits per heavy atom. The molecule has 3 rings (SSSR count). The van der Waals surface area contributed by atoms with Crippen molar-refractivity contribution in [3.05, 3.63) is 36.0 Å². The number of rotatable bonds is 2. The van der Waals surface area contributed by atoms with Gasteiger partial charge in [0, 0.05) is 42.8 Å². The van der Waals surface area contributed by atoms with Crippen molar-refractivity contribution >= 4 is 10.9 Å². The minimum Gasteiger partial charge on any atom is -0.361 e. The molecule has 1 unspecified atom stereocenters. The van der Waals surface area contributed by atoms with Crippen molar-refractivity contribution in [3.8, 4) is 0 Å². The molecule has 0 radical (unpaired) electrons. The first-order chi connectivity index (χ1) is 7.83. The molecule has 1 atom stereocenters. The highest BCUT2D eigenvalue weighted by Crippen LogP contribution is 2.20. The van der Waals surface area contributed by atoms with Crippen LogP contribution in [-0.4, -0.2) is 29.0 Å². The molecule has 0 saturated carbocycles. The number of nitrogens with two attached hydrogens (primary N) is 1. The number of aromatic amines is 1. The summed E-state index contributed by atoms with van der Waals surface area (Å²) in [5.41, 5.74) is 8.52. The van der Waals surface area contributed by atoms with E-state index in [-0.39, 0.29) is 0 Å². The molecular formula is C13H17N3. The summed E-state index contributed by atoms with van der Waals surface area (Å²) in [6.45, 7) is 3.16. The molecule has 3 heteroatoms. The molecule has 2 aromatic rings. The number of benzene rings is 1. The number of hydrogen-bond acceptors (Lipinski definition) is 2. The molecular weight excluding hydrogens is 198 g/mol. The van der Waals surface area contributed by atoms with Gasteiger partial charge in [-0.2, -0.15) is 0 Å². The van der Waals surface area contributed by atoms with Crippen molar-refractivity contribution in [3.63, 3.8) is 0 Å². The Morgan fingerprint density at radius 1 is 1.38 bits per heavy atom. The van der Waals surface area contributed by atoms with Crippen LogP contribution in [0.5, 0.6) is 0 Å². The number of aromatic nitrogens is 1. The molecule has 16 heavy (non-hydrogen) atoms. The van der Waals surface area contributed by atoms with E-state index in [2.05, 4.69) is 40.3 Å². The summed E-state index contributed by atoms with van der Waals surface area (Å²) in [6, 6.07) is 8.82. The van der Waals surface area contributed by atoms with Gasteiger partial charge in [-0.25, -0.2) is 0 Å². The van der Waals surface area contributed by atoms with E-state index >= 15 is 0 Å². The van der Waals surface area contributed by atoms with E-state index in [0.717, 1.165) is 26.1 Å². The van der Waals surface area contributed by atoms with Gasteiger partial charge in [-0.1, -0.05) is 18.2 Å². The highest BCUT2D eigenvalue weighted by atomic mass is 15.2. The number of nitrogens with one attached hydrogen (secondary N) is 1. The number of fused-ring (bicyclic) bond motifs is 1. The van der Waals surface area contributed by atoms with Crippen molar-refractivity contribution in [2.75, 3.05) is 13.1 Å². The Balaban J connectivity index is 1.84. The lowest BCUT2D eigenvalue weighted by Crippen LogP contribution is -2.26. The zero-order chi connectivity index (χ0) is 11.0. The summed E-state index contributed by atoms with van der Waals surface area (Å²) in [7, 11) is 0. The van der Waals surface area contributed by atoms with Crippen LogP contribution in [-0.2, 0) is 6.54 Å². The molecule has 1 aromatic carbocycles. The summed E-state index contributed by atoms with van der Waals surface area (Å²) in [4.78, 5) is 5.75. The number of para-hydroxylation sites is 1. The van der Waals surface area contributed by atoms with Crippen LogP contribution >= 0.6 is 0 Å². The van der Waals surface area contributed by atoms with E-state index in [0.29, 0.717) is 6.04 Å². The first kappa shape index (κ1) is 9.87. The highest BCUT2D eigenvalue weighted by Gasteiger charge is 2.19. The van der Waals surface area contributed by atoms with Gasteiger partial charge in [0.25, 0.3) is 0 Å². The van der Waals surface area contributed by atoms with E-state index in [1.165, 1.54) is 16.5 Å². The van der Waals surface area contributed by atoms with Gasteiger partial charge in [0.2, 0.25) is 0 Å². The van der Waals surface area contributed by atoms with Gasteiger partial charge >= 0.3 is 0 Å². The molecule has 84 valence electrons. The molecule has 0 aliphatic carbocycles. The predicted molar refractivity (Wildman–Crippen MR) is 66.2 cm³/mol. The number of hydrogen-bond donors (Lipinski definition) is 2. The van der Waals surface area contributed by atoms with Gasteiger partial charge in [0.15, 0.2) is 0 Å². The first-order valence-corrected chi connectivity index (χ1v) is 5.86. The lowest BCUT2D eigenvalue weighted by atomic mass is 10.1. The van der Waals surface area contributed by atoms with Crippen LogP contribution in [0, 0.1) is 0 Å². The molecule has 2 heterocycles. The molecule has 1 saturated heterocycles. The lowest BCUT2D eigenvalue weighted by Gasteiger charge is -2.14. The van der Waals surface area contributed by atoms with Gasteiger partial charge in [-0.15, -0.1) is 0 Å². The van der Waals surface area contributed by atoms with Gasteiger partial charge in [-0.05, 0) is 18.1 Å². The zero-order valence-electron chi connectivity index (χ0n) is 9.32. The van der Waals surface area contributed by atoms with Crippen molar-refractivity contribution in [1.82, 2.24) is 9.88 Å². The fourth-order valence-corrected chi connectivity index (χ4v) is 2.51. The Kier molecular flexibility index (Phi) is 2.42. The van der Waals surface area contributed by atoms with Crippen LogP contribution in [0.15, 0.2) is 30.5 Å². The molecule has 1 aromatic heterocycles. The highest BCUT2D eigenvalue weighted by molar-refractivity contribution is 5.82. The van der Waals surface area contributed by atoms with E-state index in [9.17, 15) is 0 Å². The van der Waals surface area contributed by atoms with Crippen molar-refractivity contribution < 1.29 is 0 Å². The van der Waals surface area contributed by atoms with Crippen LogP contribution in [0.3, 0.4) is 0 Å². The summed E-state index contributed by atoms with van der Waals surface area (Å²) in [5.74, 6) is 0. The van der Waals surface area contributed by atoms with E-state index in [4.69, 9.17) is 5.73 Å². The molecule has 3 nitrogen and oxygen atoms in total. The normalized spacial score (nSPS) is 21.9. The largest absolute Gasteiger partial charge is 0.361 e. The topological polar surface area (TPSA) is 45.0 Å². The van der Waals surface area contributed by atoms with Crippen molar-refractivity contribution in [2.24, 2.45) is 5.73 Å². The van der Waals surface area contributed by atoms with Crippen LogP contribution in [0.4, 0.5) is 0 Å². The third-order valence-electron chi connectivity index (χ3n) is 3.38. The van der Waals surface area contributed by atoms with Crippen LogP contribution in [0.1, 0.15) is 12.0 Å². The summed E-state index contributed by atoms with van der Waals surface area (Å²) in [6.07, 6.45) is 3.25. The van der Waals surface area contributed by atoms with E-state index in [1.54, 1.807) is 0 Å². The third-order valence-corrected chi connectivity index (χ3v) is 3.38. The Morgan fingerprint density at radius 3 is 3.06 bits per heavy atom. The fourth-order valence-electron chi connectivity index (χ4n) is 2.51. The number of nitrogens with zero attached hydrogens (tertiary/aromatic N) is 1. The summed E-state index contributed by atoms with van der Waals surface area (Å²) < 4.78 is 0. The third kappa shape index (κ3) is 1.72. The fraction of sp³-hybridized carbons (Fsp3) is 0.385.